The van der Waals surface area contributed by atoms with Gasteiger partial charge in [-0.2, -0.15) is 0 Å². The number of Topliss-reactive ketones (excluding diaryl/α,β-unsaturated/α-hetero) is 1. The number of hydrogen-bond donors (Lipinski definition) is 0. The van der Waals surface area contributed by atoms with E-state index in [1.807, 2.05) is 0 Å². The van der Waals surface area contributed by atoms with Crippen LogP contribution in [0.5, 0.6) is 23.0 Å². The van der Waals surface area contributed by atoms with Crippen molar-refractivity contribution in [3.05, 3.63) is 60.0 Å². The van der Waals surface area contributed by atoms with Gasteiger partial charge >= 0.3 is 5.97 Å². The number of fused-ring (bicyclic) bond motifs is 1. The van der Waals surface area contributed by atoms with Crippen LogP contribution in [0.15, 0.2) is 54.5 Å². The Bertz CT molecular complexity index is 1040. The van der Waals surface area contributed by atoms with Crippen molar-refractivity contribution in [2.24, 2.45) is 5.92 Å². The Balaban J connectivity index is 1.37. The second kappa shape index (κ2) is 9.85. The van der Waals surface area contributed by atoms with Gasteiger partial charge in [-0.3, -0.25) is 4.79 Å². The Morgan fingerprint density at radius 3 is 2.33 bits per heavy atom. The molecule has 0 radical (unpaired) electrons. The van der Waals surface area contributed by atoms with Crippen molar-refractivity contribution < 1.29 is 38.0 Å². The number of esters is 1. The van der Waals surface area contributed by atoms with E-state index in [9.17, 15) is 9.59 Å². The molecule has 1 fully saturated rings. The number of benzene rings is 2. The van der Waals surface area contributed by atoms with E-state index in [4.69, 9.17) is 28.4 Å². The summed E-state index contributed by atoms with van der Waals surface area (Å²) in [5, 5.41) is 0. The number of carbonyl (C=O) groups is 2. The fourth-order valence-electron chi connectivity index (χ4n) is 4.07. The molecule has 4 rings (SSSR count). The molecule has 8 nitrogen and oxygen atoms in total. The van der Waals surface area contributed by atoms with Crippen LogP contribution in [-0.4, -0.2) is 45.3 Å². The molecule has 0 aromatic heterocycles. The maximum absolute atomic E-state index is 12.9. The van der Waals surface area contributed by atoms with Gasteiger partial charge in [0.1, 0.15) is 30.0 Å². The summed E-state index contributed by atoms with van der Waals surface area (Å²) in [4.78, 5) is 25.6. The molecule has 2 aromatic rings. The predicted molar refractivity (Wildman–Crippen MR) is 118 cm³/mol. The quantitative estimate of drug-likeness (QED) is 0.582. The average Bonchev–Trinajstić information content (AvgIpc) is 2.85. The molecule has 1 heterocycles. The lowest BCUT2D eigenvalue weighted by atomic mass is 9.80. The summed E-state index contributed by atoms with van der Waals surface area (Å²) in [7, 11) is 4.62. The molecule has 0 amide bonds. The highest BCUT2D eigenvalue weighted by atomic mass is 16.6. The summed E-state index contributed by atoms with van der Waals surface area (Å²) in [5.74, 6) is 1.47. The van der Waals surface area contributed by atoms with E-state index in [1.54, 1.807) is 49.6 Å². The lowest BCUT2D eigenvalue weighted by molar-refractivity contribution is -0.132. The summed E-state index contributed by atoms with van der Waals surface area (Å²) >= 11 is 0. The van der Waals surface area contributed by atoms with Gasteiger partial charge in [0.25, 0.3) is 0 Å². The minimum absolute atomic E-state index is 0.105. The maximum Gasteiger partial charge on any atom is 0.338 e. The number of allylic oxidation sites excluding steroid dienone is 1. The van der Waals surface area contributed by atoms with E-state index >= 15 is 0 Å². The number of hydrogen-bond acceptors (Lipinski definition) is 8. The van der Waals surface area contributed by atoms with E-state index in [-0.39, 0.29) is 29.7 Å². The van der Waals surface area contributed by atoms with Gasteiger partial charge in [-0.25, -0.2) is 4.79 Å². The molecule has 1 aliphatic heterocycles. The third-order valence-corrected chi connectivity index (χ3v) is 5.85. The summed E-state index contributed by atoms with van der Waals surface area (Å²) in [5.41, 5.74) is 0.366. The van der Waals surface area contributed by atoms with Crippen LogP contribution >= 0.6 is 0 Å². The molecular formula is C25H26O8. The Morgan fingerprint density at radius 1 is 0.909 bits per heavy atom. The Morgan fingerprint density at radius 2 is 1.64 bits per heavy atom. The molecule has 2 aromatic carbocycles. The van der Waals surface area contributed by atoms with Crippen LogP contribution < -0.4 is 18.9 Å². The van der Waals surface area contributed by atoms with Crippen molar-refractivity contribution in [1.82, 2.24) is 0 Å². The summed E-state index contributed by atoms with van der Waals surface area (Å²) < 4.78 is 32.8. The fourth-order valence-corrected chi connectivity index (χ4v) is 4.07. The van der Waals surface area contributed by atoms with Crippen molar-refractivity contribution in [2.45, 2.75) is 31.5 Å². The van der Waals surface area contributed by atoms with E-state index < -0.39 is 5.97 Å². The molecule has 3 atom stereocenters. The number of methoxy groups -OCH3 is 3. The minimum atomic E-state index is -0.458. The summed E-state index contributed by atoms with van der Waals surface area (Å²) in [6.07, 6.45) is 2.17. The predicted octanol–water partition coefficient (Wildman–Crippen LogP) is 3.93. The van der Waals surface area contributed by atoms with E-state index in [2.05, 4.69) is 0 Å². The van der Waals surface area contributed by atoms with Crippen LogP contribution in [0.3, 0.4) is 0 Å². The molecule has 2 aliphatic rings. The van der Waals surface area contributed by atoms with Crippen molar-refractivity contribution in [2.75, 3.05) is 21.3 Å². The van der Waals surface area contributed by atoms with Crippen LogP contribution in [0.2, 0.25) is 0 Å². The zero-order valence-corrected chi connectivity index (χ0v) is 18.7. The Kier molecular flexibility index (Phi) is 6.72. The highest BCUT2D eigenvalue weighted by Gasteiger charge is 2.42. The average molecular weight is 454 g/mol. The third kappa shape index (κ3) is 4.89. The lowest BCUT2D eigenvalue weighted by Crippen LogP contribution is -2.43. The fraction of sp³-hybridized carbons (Fsp3) is 0.360. The largest absolute Gasteiger partial charge is 0.497 e. The van der Waals surface area contributed by atoms with E-state index in [0.717, 1.165) is 0 Å². The molecule has 0 saturated heterocycles. The molecule has 174 valence electrons. The summed E-state index contributed by atoms with van der Waals surface area (Å²) in [6.45, 7) is 0. The molecule has 0 N–H and O–H groups in total. The zero-order valence-electron chi connectivity index (χ0n) is 18.7. The SMILES string of the molecule is COc1ccc(OC2=COC3CC(OC(=O)c4ccc(OC)c(OC)c4)CCC3C2=O)cc1. The van der Waals surface area contributed by atoms with Crippen molar-refractivity contribution in [1.29, 1.82) is 0 Å². The van der Waals surface area contributed by atoms with Crippen molar-refractivity contribution in [3.8, 4) is 23.0 Å². The first-order valence-corrected chi connectivity index (χ1v) is 10.7. The van der Waals surface area contributed by atoms with Gasteiger partial charge in [-0.15, -0.1) is 0 Å². The first-order chi connectivity index (χ1) is 16.0. The van der Waals surface area contributed by atoms with Gasteiger partial charge in [-0.1, -0.05) is 0 Å². The number of ketones is 1. The van der Waals surface area contributed by atoms with Gasteiger partial charge in [0.2, 0.25) is 11.5 Å². The van der Waals surface area contributed by atoms with Crippen LogP contribution in [0.25, 0.3) is 0 Å². The van der Waals surface area contributed by atoms with Crippen LogP contribution in [0.4, 0.5) is 0 Å². The topological polar surface area (TPSA) is 89.5 Å². The van der Waals surface area contributed by atoms with Gasteiger partial charge in [-0.05, 0) is 55.3 Å². The molecule has 3 unspecified atom stereocenters. The number of rotatable bonds is 7. The summed E-state index contributed by atoms with van der Waals surface area (Å²) in [6, 6.07) is 11.8. The van der Waals surface area contributed by atoms with Gasteiger partial charge in [0.15, 0.2) is 11.5 Å². The zero-order chi connectivity index (χ0) is 23.4. The van der Waals surface area contributed by atoms with Gasteiger partial charge < -0.3 is 28.4 Å². The number of ether oxygens (including phenoxy) is 6. The van der Waals surface area contributed by atoms with Gasteiger partial charge in [0, 0.05) is 6.42 Å². The normalized spacial score (nSPS) is 21.7. The Labute approximate surface area is 192 Å². The second-order valence-corrected chi connectivity index (χ2v) is 7.82. The van der Waals surface area contributed by atoms with Crippen molar-refractivity contribution >= 4 is 11.8 Å². The van der Waals surface area contributed by atoms with E-state index in [0.29, 0.717) is 47.8 Å². The molecule has 1 saturated carbocycles. The first kappa shape index (κ1) is 22.5. The first-order valence-electron chi connectivity index (χ1n) is 10.7. The molecule has 8 heteroatoms. The third-order valence-electron chi connectivity index (χ3n) is 5.85. The van der Waals surface area contributed by atoms with Crippen molar-refractivity contribution in [3.63, 3.8) is 0 Å². The molecule has 0 spiro atoms. The smallest absolute Gasteiger partial charge is 0.338 e. The highest BCUT2D eigenvalue weighted by Crippen LogP contribution is 2.36. The lowest BCUT2D eigenvalue weighted by Gasteiger charge is -2.36. The van der Waals surface area contributed by atoms with Crippen LogP contribution in [0, 0.1) is 5.92 Å². The molecule has 0 bridgehead atoms. The maximum atomic E-state index is 12.9. The van der Waals surface area contributed by atoms with Crippen LogP contribution in [-0.2, 0) is 14.3 Å². The monoisotopic (exact) mass is 454 g/mol. The highest BCUT2D eigenvalue weighted by molar-refractivity contribution is 5.96. The van der Waals surface area contributed by atoms with Gasteiger partial charge in [0.05, 0.1) is 32.8 Å². The standard InChI is InChI=1S/C25H26O8/c1-28-16-5-7-17(8-6-16)32-23-14-31-21-13-18(9-10-19(21)24(23)26)33-25(27)15-4-11-20(29-2)22(12-15)30-3/h4-8,11-12,14,18-19,21H,9-10,13H2,1-3H3. The minimum Gasteiger partial charge on any atom is -0.497 e. The second-order valence-electron chi connectivity index (χ2n) is 7.82. The number of carbonyl (C=O) groups excluding carboxylic acids is 2. The molecule has 1 aliphatic carbocycles. The molecular weight excluding hydrogens is 428 g/mol. The van der Waals surface area contributed by atoms with Crippen LogP contribution in [0.1, 0.15) is 29.6 Å². The van der Waals surface area contributed by atoms with E-state index in [1.165, 1.54) is 20.5 Å². The molecule has 33 heavy (non-hydrogen) atoms. The Hall–Kier alpha value is -3.68.